The molecular weight excluding hydrogens is 148 g/mol. The fraction of sp³-hybridized carbons (Fsp3) is 1.00. The zero-order valence-corrected chi connectivity index (χ0v) is 8.64. The minimum absolute atomic E-state index is 0.674. The molecule has 0 spiro atoms. The van der Waals surface area contributed by atoms with Crippen molar-refractivity contribution in [3.8, 4) is 0 Å². The summed E-state index contributed by atoms with van der Waals surface area (Å²) < 4.78 is 0. The van der Waals surface area contributed by atoms with Crippen molar-refractivity contribution in [1.29, 1.82) is 0 Å². The standard InChI is InChI=1S/C10H22N2/c1-9(2)12(3)7-6-11-8-10-4-5-10/h9-11H,4-8H2,1-3H3. The molecule has 0 aromatic heterocycles. The number of nitrogens with zero attached hydrogens (tertiary/aromatic N) is 1. The van der Waals surface area contributed by atoms with Crippen molar-refractivity contribution in [2.75, 3.05) is 26.7 Å². The van der Waals surface area contributed by atoms with Crippen LogP contribution in [0.25, 0.3) is 0 Å². The number of rotatable bonds is 6. The number of likely N-dealkylation sites (N-methyl/N-ethyl adjacent to an activating group) is 1. The maximum Gasteiger partial charge on any atom is 0.0106 e. The summed E-state index contributed by atoms with van der Waals surface area (Å²) in [6.45, 7) is 8.03. The quantitative estimate of drug-likeness (QED) is 0.605. The SMILES string of the molecule is CC(C)N(C)CCNCC1CC1. The van der Waals surface area contributed by atoms with Gasteiger partial charge in [-0.3, -0.25) is 0 Å². The Morgan fingerprint density at radius 1 is 1.42 bits per heavy atom. The largest absolute Gasteiger partial charge is 0.315 e. The molecule has 0 aromatic rings. The highest BCUT2D eigenvalue weighted by Gasteiger charge is 2.19. The van der Waals surface area contributed by atoms with Gasteiger partial charge >= 0.3 is 0 Å². The highest BCUT2D eigenvalue weighted by molar-refractivity contribution is 4.75. The molecule has 0 bridgehead atoms. The molecule has 12 heavy (non-hydrogen) atoms. The lowest BCUT2D eigenvalue weighted by Crippen LogP contribution is -2.34. The summed E-state index contributed by atoms with van der Waals surface area (Å²) >= 11 is 0. The molecule has 0 unspecified atom stereocenters. The van der Waals surface area contributed by atoms with Gasteiger partial charge in [0.15, 0.2) is 0 Å². The van der Waals surface area contributed by atoms with Crippen LogP contribution in [0.15, 0.2) is 0 Å². The fourth-order valence-electron chi connectivity index (χ4n) is 1.14. The van der Waals surface area contributed by atoms with Crippen LogP contribution in [0.3, 0.4) is 0 Å². The highest BCUT2D eigenvalue weighted by atomic mass is 15.1. The van der Waals surface area contributed by atoms with E-state index in [-0.39, 0.29) is 0 Å². The number of hydrogen-bond donors (Lipinski definition) is 1. The van der Waals surface area contributed by atoms with Crippen molar-refractivity contribution in [1.82, 2.24) is 10.2 Å². The Balaban J connectivity index is 1.86. The maximum absolute atomic E-state index is 3.49. The molecule has 72 valence electrons. The van der Waals surface area contributed by atoms with E-state index >= 15 is 0 Å². The normalized spacial score (nSPS) is 17.8. The molecule has 0 amide bonds. The predicted octanol–water partition coefficient (Wildman–Crippen LogP) is 1.33. The summed E-state index contributed by atoms with van der Waals surface area (Å²) in [6.07, 6.45) is 2.90. The second kappa shape index (κ2) is 4.83. The summed E-state index contributed by atoms with van der Waals surface area (Å²) in [5, 5.41) is 3.49. The summed E-state index contributed by atoms with van der Waals surface area (Å²) in [7, 11) is 2.18. The predicted molar refractivity (Wildman–Crippen MR) is 53.4 cm³/mol. The van der Waals surface area contributed by atoms with Gasteiger partial charge in [-0.05, 0) is 46.2 Å². The van der Waals surface area contributed by atoms with Crippen molar-refractivity contribution in [3.63, 3.8) is 0 Å². The van der Waals surface area contributed by atoms with Crippen LogP contribution in [-0.2, 0) is 0 Å². The van der Waals surface area contributed by atoms with E-state index in [1.807, 2.05) is 0 Å². The highest BCUT2D eigenvalue weighted by Crippen LogP contribution is 2.27. The molecule has 1 fully saturated rings. The molecule has 0 aromatic carbocycles. The van der Waals surface area contributed by atoms with Crippen molar-refractivity contribution in [2.45, 2.75) is 32.7 Å². The first-order valence-corrected chi connectivity index (χ1v) is 5.11. The van der Waals surface area contributed by atoms with Crippen LogP contribution < -0.4 is 5.32 Å². The van der Waals surface area contributed by atoms with Crippen LogP contribution in [0.2, 0.25) is 0 Å². The molecular formula is C10H22N2. The first-order chi connectivity index (χ1) is 5.70. The molecule has 0 saturated heterocycles. The van der Waals surface area contributed by atoms with E-state index in [2.05, 4.69) is 31.1 Å². The number of nitrogens with one attached hydrogen (secondary N) is 1. The molecule has 1 rings (SSSR count). The minimum Gasteiger partial charge on any atom is -0.315 e. The lowest BCUT2D eigenvalue weighted by atomic mass is 10.3. The van der Waals surface area contributed by atoms with E-state index in [9.17, 15) is 0 Å². The van der Waals surface area contributed by atoms with E-state index in [4.69, 9.17) is 0 Å². The lowest BCUT2D eigenvalue weighted by molar-refractivity contribution is 0.273. The van der Waals surface area contributed by atoms with Gasteiger partial charge in [0, 0.05) is 19.1 Å². The first kappa shape index (κ1) is 10.0. The Hall–Kier alpha value is -0.0800. The summed E-state index contributed by atoms with van der Waals surface area (Å²) in [5.41, 5.74) is 0. The Morgan fingerprint density at radius 2 is 2.08 bits per heavy atom. The maximum atomic E-state index is 3.49. The van der Waals surface area contributed by atoms with Crippen molar-refractivity contribution < 1.29 is 0 Å². The molecule has 2 heteroatoms. The van der Waals surface area contributed by atoms with Gasteiger partial charge in [0.2, 0.25) is 0 Å². The Bertz CT molecular complexity index is 119. The Morgan fingerprint density at radius 3 is 2.58 bits per heavy atom. The van der Waals surface area contributed by atoms with Crippen LogP contribution in [0, 0.1) is 5.92 Å². The van der Waals surface area contributed by atoms with E-state index in [1.165, 1.54) is 25.9 Å². The molecule has 0 radical (unpaired) electrons. The minimum atomic E-state index is 0.674. The van der Waals surface area contributed by atoms with Gasteiger partial charge in [0.05, 0.1) is 0 Å². The smallest absolute Gasteiger partial charge is 0.0106 e. The van der Waals surface area contributed by atoms with E-state index in [0.717, 1.165) is 12.5 Å². The van der Waals surface area contributed by atoms with Gasteiger partial charge in [-0.25, -0.2) is 0 Å². The van der Waals surface area contributed by atoms with Crippen molar-refractivity contribution in [2.24, 2.45) is 5.92 Å². The van der Waals surface area contributed by atoms with E-state index in [1.54, 1.807) is 0 Å². The number of hydrogen-bond acceptors (Lipinski definition) is 2. The fourth-order valence-corrected chi connectivity index (χ4v) is 1.14. The monoisotopic (exact) mass is 170 g/mol. The Labute approximate surface area is 76.3 Å². The van der Waals surface area contributed by atoms with Crippen LogP contribution in [0.1, 0.15) is 26.7 Å². The third-order valence-electron chi connectivity index (χ3n) is 2.65. The molecule has 0 aliphatic heterocycles. The molecule has 2 nitrogen and oxygen atoms in total. The van der Waals surface area contributed by atoms with E-state index < -0.39 is 0 Å². The summed E-state index contributed by atoms with van der Waals surface area (Å²) in [4.78, 5) is 2.37. The molecule has 0 atom stereocenters. The van der Waals surface area contributed by atoms with Crippen molar-refractivity contribution >= 4 is 0 Å². The zero-order chi connectivity index (χ0) is 8.97. The zero-order valence-electron chi connectivity index (χ0n) is 8.64. The van der Waals surface area contributed by atoms with Gasteiger partial charge in [-0.15, -0.1) is 0 Å². The van der Waals surface area contributed by atoms with E-state index in [0.29, 0.717) is 6.04 Å². The van der Waals surface area contributed by atoms with Crippen LogP contribution in [-0.4, -0.2) is 37.6 Å². The second-order valence-corrected chi connectivity index (χ2v) is 4.22. The van der Waals surface area contributed by atoms with Gasteiger partial charge in [-0.2, -0.15) is 0 Å². The van der Waals surface area contributed by atoms with Gasteiger partial charge in [-0.1, -0.05) is 0 Å². The van der Waals surface area contributed by atoms with Gasteiger partial charge in [0.25, 0.3) is 0 Å². The molecule has 0 heterocycles. The average molecular weight is 170 g/mol. The van der Waals surface area contributed by atoms with Crippen LogP contribution in [0.4, 0.5) is 0 Å². The Kier molecular flexibility index (Phi) is 4.02. The van der Waals surface area contributed by atoms with Crippen LogP contribution >= 0.6 is 0 Å². The second-order valence-electron chi connectivity index (χ2n) is 4.22. The summed E-state index contributed by atoms with van der Waals surface area (Å²) in [5.74, 6) is 1.01. The van der Waals surface area contributed by atoms with Gasteiger partial charge in [0.1, 0.15) is 0 Å². The first-order valence-electron chi connectivity index (χ1n) is 5.11. The van der Waals surface area contributed by atoms with Gasteiger partial charge < -0.3 is 10.2 Å². The molecule has 1 saturated carbocycles. The topological polar surface area (TPSA) is 15.3 Å². The molecule has 1 N–H and O–H groups in total. The van der Waals surface area contributed by atoms with Crippen molar-refractivity contribution in [3.05, 3.63) is 0 Å². The third-order valence-corrected chi connectivity index (χ3v) is 2.65. The average Bonchev–Trinajstić information content (AvgIpc) is 2.80. The summed E-state index contributed by atoms with van der Waals surface area (Å²) in [6, 6.07) is 0.674. The van der Waals surface area contributed by atoms with Crippen LogP contribution in [0.5, 0.6) is 0 Å². The lowest BCUT2D eigenvalue weighted by Gasteiger charge is -2.20. The molecule has 1 aliphatic carbocycles. The third kappa shape index (κ3) is 4.07. The molecule has 1 aliphatic rings.